The zero-order chi connectivity index (χ0) is 13.1. The van der Waals surface area contributed by atoms with Crippen LogP contribution in [0.2, 0.25) is 0 Å². The van der Waals surface area contributed by atoms with Gasteiger partial charge < -0.3 is 9.88 Å². The maximum Gasteiger partial charge on any atom is 0.205 e. The molecule has 0 radical (unpaired) electrons. The van der Waals surface area contributed by atoms with Crippen LogP contribution in [0.5, 0.6) is 0 Å². The molecule has 1 aromatic carbocycles. The van der Waals surface area contributed by atoms with Crippen molar-refractivity contribution in [1.82, 2.24) is 19.7 Å². The van der Waals surface area contributed by atoms with Gasteiger partial charge in [0.25, 0.3) is 0 Å². The molecular weight excluding hydrogens is 258 g/mol. The quantitative estimate of drug-likeness (QED) is 0.792. The lowest BCUT2D eigenvalue weighted by Crippen LogP contribution is -2.06. The Kier molecular flexibility index (Phi) is 3.24. The van der Waals surface area contributed by atoms with E-state index in [4.69, 9.17) is 0 Å². The van der Waals surface area contributed by atoms with Crippen molar-refractivity contribution in [2.75, 3.05) is 5.32 Å². The topological polar surface area (TPSA) is 55.6 Å². The molecule has 0 amide bonds. The number of aromatic nitrogens is 4. The second-order valence-corrected chi connectivity index (χ2v) is 5.00. The van der Waals surface area contributed by atoms with E-state index in [0.717, 1.165) is 10.8 Å². The van der Waals surface area contributed by atoms with E-state index < -0.39 is 0 Å². The minimum absolute atomic E-state index is 0.199. The fraction of sp³-hybridized carbons (Fsp3) is 0.154. The van der Waals surface area contributed by atoms with Crippen molar-refractivity contribution in [3.63, 3.8) is 0 Å². The summed E-state index contributed by atoms with van der Waals surface area (Å²) in [6.45, 7) is 2.10. The Morgan fingerprint density at radius 2 is 2.11 bits per heavy atom. The summed E-state index contributed by atoms with van der Waals surface area (Å²) in [7, 11) is 0. The Labute approximate surface area is 115 Å². The molecule has 5 nitrogen and oxygen atoms in total. The first-order valence-corrected chi connectivity index (χ1v) is 6.82. The highest BCUT2D eigenvalue weighted by Crippen LogP contribution is 2.21. The van der Waals surface area contributed by atoms with Crippen LogP contribution in [-0.4, -0.2) is 19.7 Å². The predicted molar refractivity (Wildman–Crippen MR) is 75.5 cm³/mol. The van der Waals surface area contributed by atoms with Crippen molar-refractivity contribution >= 4 is 16.5 Å². The number of benzene rings is 1. The van der Waals surface area contributed by atoms with Crippen LogP contribution in [0.1, 0.15) is 18.5 Å². The molecule has 0 spiro atoms. The second-order valence-electron chi connectivity index (χ2n) is 4.17. The first kappa shape index (κ1) is 11.9. The lowest BCUT2D eigenvalue weighted by Gasteiger charge is -2.13. The van der Waals surface area contributed by atoms with E-state index in [2.05, 4.69) is 51.7 Å². The van der Waals surface area contributed by atoms with Crippen LogP contribution < -0.4 is 5.32 Å². The fourth-order valence-corrected chi connectivity index (χ4v) is 2.38. The zero-order valence-corrected chi connectivity index (χ0v) is 11.2. The van der Waals surface area contributed by atoms with Gasteiger partial charge in [-0.15, -0.1) is 10.2 Å². The molecule has 0 aliphatic carbocycles. The average molecular weight is 271 g/mol. The molecule has 0 fully saturated rings. The fourth-order valence-electron chi connectivity index (χ4n) is 1.85. The Bertz CT molecular complexity index is 616. The minimum Gasteiger partial charge on any atom is -0.354 e. The van der Waals surface area contributed by atoms with E-state index in [-0.39, 0.29) is 6.04 Å². The number of nitrogens with one attached hydrogen (secondary N) is 1. The predicted octanol–water partition coefficient (Wildman–Crippen LogP) is 2.90. The van der Waals surface area contributed by atoms with E-state index in [0.29, 0.717) is 0 Å². The summed E-state index contributed by atoms with van der Waals surface area (Å²) in [6, 6.07) is 8.57. The zero-order valence-electron chi connectivity index (χ0n) is 10.4. The molecule has 0 saturated carbocycles. The molecule has 19 heavy (non-hydrogen) atoms. The third-order valence-electron chi connectivity index (χ3n) is 2.90. The maximum absolute atomic E-state index is 4.04. The number of imidazole rings is 1. The largest absolute Gasteiger partial charge is 0.354 e. The van der Waals surface area contributed by atoms with Gasteiger partial charge in [0.05, 0.1) is 12.4 Å². The monoisotopic (exact) mass is 271 g/mol. The SMILES string of the molecule is CC(Nc1nncs1)c1ccc(-n2ccnc2)cc1. The molecule has 1 unspecified atom stereocenters. The van der Waals surface area contributed by atoms with Gasteiger partial charge in [-0.3, -0.25) is 0 Å². The lowest BCUT2D eigenvalue weighted by atomic mass is 10.1. The number of hydrogen-bond donors (Lipinski definition) is 1. The van der Waals surface area contributed by atoms with Crippen LogP contribution in [0, 0.1) is 0 Å². The smallest absolute Gasteiger partial charge is 0.205 e. The molecule has 6 heteroatoms. The molecule has 0 bridgehead atoms. The normalized spacial score (nSPS) is 12.3. The van der Waals surface area contributed by atoms with Gasteiger partial charge in [0.2, 0.25) is 5.13 Å². The van der Waals surface area contributed by atoms with Crippen LogP contribution in [0.25, 0.3) is 5.69 Å². The number of rotatable bonds is 4. The molecular formula is C13H13N5S. The van der Waals surface area contributed by atoms with Crippen molar-refractivity contribution in [2.24, 2.45) is 0 Å². The molecule has 2 aromatic heterocycles. The van der Waals surface area contributed by atoms with E-state index in [1.165, 1.54) is 16.9 Å². The third-order valence-corrected chi connectivity index (χ3v) is 3.52. The highest BCUT2D eigenvalue weighted by molar-refractivity contribution is 7.13. The minimum atomic E-state index is 0.199. The molecule has 96 valence electrons. The van der Waals surface area contributed by atoms with Gasteiger partial charge >= 0.3 is 0 Å². The average Bonchev–Trinajstić information content (AvgIpc) is 3.12. The number of anilines is 1. The molecule has 3 rings (SSSR count). The Balaban J connectivity index is 1.75. The van der Waals surface area contributed by atoms with Crippen molar-refractivity contribution in [1.29, 1.82) is 0 Å². The van der Waals surface area contributed by atoms with Gasteiger partial charge in [-0.1, -0.05) is 23.5 Å². The molecule has 1 N–H and O–H groups in total. The summed E-state index contributed by atoms with van der Waals surface area (Å²) < 4.78 is 1.98. The van der Waals surface area contributed by atoms with E-state index in [9.17, 15) is 0 Å². The summed E-state index contributed by atoms with van der Waals surface area (Å²) in [6.07, 6.45) is 5.49. The summed E-state index contributed by atoms with van der Waals surface area (Å²) >= 11 is 1.50. The van der Waals surface area contributed by atoms with Gasteiger partial charge in [-0.05, 0) is 24.6 Å². The number of hydrogen-bond acceptors (Lipinski definition) is 5. The molecule has 1 atom stereocenters. The van der Waals surface area contributed by atoms with Crippen molar-refractivity contribution in [3.8, 4) is 5.69 Å². The van der Waals surface area contributed by atoms with Crippen LogP contribution in [0.15, 0.2) is 48.5 Å². The first-order valence-electron chi connectivity index (χ1n) is 5.94. The molecule has 0 aliphatic heterocycles. The maximum atomic E-state index is 4.04. The summed E-state index contributed by atoms with van der Waals surface area (Å²) in [5, 5.41) is 12.0. The second kappa shape index (κ2) is 5.19. The van der Waals surface area contributed by atoms with Gasteiger partial charge in [0.15, 0.2) is 0 Å². The van der Waals surface area contributed by atoms with Gasteiger partial charge in [0.1, 0.15) is 5.51 Å². The molecule has 0 aliphatic rings. The van der Waals surface area contributed by atoms with E-state index in [1.54, 1.807) is 18.0 Å². The first-order chi connectivity index (χ1) is 9.33. The Morgan fingerprint density at radius 3 is 2.74 bits per heavy atom. The Morgan fingerprint density at radius 1 is 1.26 bits per heavy atom. The van der Waals surface area contributed by atoms with E-state index in [1.807, 2.05) is 10.8 Å². The van der Waals surface area contributed by atoms with Gasteiger partial charge in [-0.2, -0.15) is 0 Å². The van der Waals surface area contributed by atoms with E-state index >= 15 is 0 Å². The van der Waals surface area contributed by atoms with Gasteiger partial charge in [-0.25, -0.2) is 4.98 Å². The van der Waals surface area contributed by atoms with Crippen LogP contribution in [-0.2, 0) is 0 Å². The Hall–Kier alpha value is -2.21. The van der Waals surface area contributed by atoms with Crippen molar-refractivity contribution in [2.45, 2.75) is 13.0 Å². The summed E-state index contributed by atoms with van der Waals surface area (Å²) in [4.78, 5) is 4.04. The van der Waals surface area contributed by atoms with Crippen molar-refractivity contribution < 1.29 is 0 Å². The highest BCUT2D eigenvalue weighted by Gasteiger charge is 2.07. The van der Waals surface area contributed by atoms with Crippen LogP contribution in [0.3, 0.4) is 0 Å². The van der Waals surface area contributed by atoms with Crippen LogP contribution in [0.4, 0.5) is 5.13 Å². The molecule has 2 heterocycles. The standard InChI is InChI=1S/C13H13N5S/c1-10(16-13-17-15-9-19-13)11-2-4-12(5-3-11)18-7-6-14-8-18/h2-10H,1H3,(H,16,17). The lowest BCUT2D eigenvalue weighted by molar-refractivity contribution is 0.872. The van der Waals surface area contributed by atoms with Gasteiger partial charge in [0, 0.05) is 18.1 Å². The third kappa shape index (κ3) is 2.63. The summed E-state index contributed by atoms with van der Waals surface area (Å²) in [5.74, 6) is 0. The van der Waals surface area contributed by atoms with Crippen molar-refractivity contribution in [3.05, 3.63) is 54.1 Å². The van der Waals surface area contributed by atoms with Crippen LogP contribution >= 0.6 is 11.3 Å². The number of nitrogens with zero attached hydrogens (tertiary/aromatic N) is 4. The molecule has 0 saturated heterocycles. The molecule has 3 aromatic rings. The highest BCUT2D eigenvalue weighted by atomic mass is 32.1. The summed E-state index contributed by atoms with van der Waals surface area (Å²) in [5.41, 5.74) is 4.03.